The number of nitrogens with one attached hydrogen (secondary N) is 1. The second-order valence-corrected chi connectivity index (χ2v) is 5.58. The van der Waals surface area contributed by atoms with Crippen LogP contribution in [0.5, 0.6) is 0 Å². The third-order valence-electron chi connectivity index (χ3n) is 3.26. The van der Waals surface area contributed by atoms with Gasteiger partial charge in [0.2, 0.25) is 0 Å². The second kappa shape index (κ2) is 6.02. The molecule has 5 nitrogen and oxygen atoms in total. The van der Waals surface area contributed by atoms with Gasteiger partial charge < -0.3 is 10.7 Å². The van der Waals surface area contributed by atoms with E-state index in [-0.39, 0.29) is 0 Å². The predicted octanol–water partition coefficient (Wildman–Crippen LogP) is 1.97. The van der Waals surface area contributed by atoms with E-state index in [1.807, 2.05) is 25.6 Å². The van der Waals surface area contributed by atoms with Crippen LogP contribution in [0, 0.1) is 11.8 Å². The smallest absolute Gasteiger partial charge is 0.106 e. The van der Waals surface area contributed by atoms with Gasteiger partial charge in [0.15, 0.2) is 0 Å². The van der Waals surface area contributed by atoms with Gasteiger partial charge in [-0.15, -0.1) is 0 Å². The number of aromatic amines is 1. The van der Waals surface area contributed by atoms with E-state index >= 15 is 0 Å². The number of hydrogen-bond acceptors (Lipinski definition) is 3. The van der Waals surface area contributed by atoms with Gasteiger partial charge in [0.1, 0.15) is 5.82 Å². The molecule has 1 atom stereocenters. The number of H-pyrrole nitrogens is 1. The third-order valence-corrected chi connectivity index (χ3v) is 3.26. The first-order valence-corrected chi connectivity index (χ1v) is 6.81. The maximum atomic E-state index is 5.84. The molecule has 1 unspecified atom stereocenters. The Morgan fingerprint density at radius 3 is 2.74 bits per heavy atom. The fourth-order valence-electron chi connectivity index (χ4n) is 2.38. The van der Waals surface area contributed by atoms with E-state index in [4.69, 9.17) is 5.73 Å². The average molecular weight is 261 g/mol. The minimum Gasteiger partial charge on any atom is -0.342 e. The second-order valence-electron chi connectivity index (χ2n) is 5.58. The summed E-state index contributed by atoms with van der Waals surface area (Å²) in [5.41, 5.74) is 7.92. The summed E-state index contributed by atoms with van der Waals surface area (Å²) in [6.07, 6.45) is 7.74. The summed E-state index contributed by atoms with van der Waals surface area (Å²) < 4.78 is 1.79. The molecule has 2 aromatic heterocycles. The van der Waals surface area contributed by atoms with Crippen molar-refractivity contribution in [1.82, 2.24) is 19.7 Å². The Morgan fingerprint density at radius 1 is 1.37 bits per heavy atom. The molecule has 0 aromatic carbocycles. The molecule has 5 heteroatoms. The normalized spacial score (nSPS) is 13.1. The van der Waals surface area contributed by atoms with Gasteiger partial charge in [-0.25, -0.2) is 4.98 Å². The molecule has 0 radical (unpaired) electrons. The molecule has 3 N–H and O–H groups in total. The molecule has 0 aliphatic carbocycles. The standard InChI is InChI=1S/C14H23N5/c1-10(2)4-11(6-15)5-14-16-8-13(18-14)12-7-17-19(3)9-12/h7-11H,4-6,15H2,1-3H3,(H,16,18). The molecular weight excluding hydrogens is 238 g/mol. The summed E-state index contributed by atoms with van der Waals surface area (Å²) in [5.74, 6) is 2.17. The number of nitrogens with zero attached hydrogens (tertiary/aromatic N) is 3. The Labute approximate surface area is 114 Å². The van der Waals surface area contributed by atoms with Gasteiger partial charge in [-0.05, 0) is 24.8 Å². The van der Waals surface area contributed by atoms with Crippen LogP contribution >= 0.6 is 0 Å². The molecule has 2 aromatic rings. The maximum absolute atomic E-state index is 5.84. The van der Waals surface area contributed by atoms with E-state index in [0.29, 0.717) is 18.4 Å². The van der Waals surface area contributed by atoms with Crippen molar-refractivity contribution < 1.29 is 0 Å². The molecule has 0 bridgehead atoms. The van der Waals surface area contributed by atoms with Crippen LogP contribution in [0.3, 0.4) is 0 Å². The average Bonchev–Trinajstić information content (AvgIpc) is 2.96. The highest BCUT2D eigenvalue weighted by atomic mass is 15.2. The summed E-state index contributed by atoms with van der Waals surface area (Å²) >= 11 is 0. The zero-order chi connectivity index (χ0) is 13.8. The lowest BCUT2D eigenvalue weighted by atomic mass is 9.94. The van der Waals surface area contributed by atoms with Gasteiger partial charge in [0.25, 0.3) is 0 Å². The molecule has 0 amide bonds. The molecular formula is C14H23N5. The number of imidazole rings is 1. The Kier molecular flexibility index (Phi) is 4.37. The molecule has 2 rings (SSSR count). The minimum atomic E-state index is 0.493. The largest absolute Gasteiger partial charge is 0.342 e. The van der Waals surface area contributed by atoms with Gasteiger partial charge in [-0.2, -0.15) is 5.10 Å². The van der Waals surface area contributed by atoms with Crippen molar-refractivity contribution >= 4 is 0 Å². The summed E-state index contributed by atoms with van der Waals surface area (Å²) in [5, 5.41) is 4.17. The predicted molar refractivity (Wildman–Crippen MR) is 76.5 cm³/mol. The number of aryl methyl sites for hydroxylation is 1. The van der Waals surface area contributed by atoms with Crippen LogP contribution in [-0.2, 0) is 13.5 Å². The molecule has 0 fully saturated rings. The molecule has 0 aliphatic heterocycles. The highest BCUT2D eigenvalue weighted by Crippen LogP contribution is 2.19. The van der Waals surface area contributed by atoms with Gasteiger partial charge in [0.05, 0.1) is 18.1 Å². The van der Waals surface area contributed by atoms with E-state index in [1.165, 1.54) is 0 Å². The quantitative estimate of drug-likeness (QED) is 0.835. The summed E-state index contributed by atoms with van der Waals surface area (Å²) in [6, 6.07) is 0. The van der Waals surface area contributed by atoms with Crippen LogP contribution in [0.2, 0.25) is 0 Å². The number of nitrogens with two attached hydrogens (primary N) is 1. The van der Waals surface area contributed by atoms with E-state index in [0.717, 1.165) is 29.9 Å². The Morgan fingerprint density at radius 2 is 2.16 bits per heavy atom. The van der Waals surface area contributed by atoms with Crippen LogP contribution in [0.25, 0.3) is 11.3 Å². The number of rotatable bonds is 6. The zero-order valence-corrected chi connectivity index (χ0v) is 11.9. The fourth-order valence-corrected chi connectivity index (χ4v) is 2.38. The monoisotopic (exact) mass is 261 g/mol. The first-order valence-electron chi connectivity index (χ1n) is 6.81. The van der Waals surface area contributed by atoms with Crippen molar-refractivity contribution in [2.45, 2.75) is 26.7 Å². The first kappa shape index (κ1) is 13.8. The Balaban J connectivity index is 2.04. The van der Waals surface area contributed by atoms with Crippen molar-refractivity contribution in [2.24, 2.45) is 24.6 Å². The van der Waals surface area contributed by atoms with Crippen molar-refractivity contribution in [1.29, 1.82) is 0 Å². The lowest BCUT2D eigenvalue weighted by Crippen LogP contribution is -2.19. The SMILES string of the molecule is CC(C)CC(CN)Cc1ncc(-c2cnn(C)c2)[nH]1. The molecule has 0 saturated heterocycles. The summed E-state index contributed by atoms with van der Waals surface area (Å²) in [6.45, 7) is 5.17. The third kappa shape index (κ3) is 3.67. The lowest BCUT2D eigenvalue weighted by Gasteiger charge is -2.15. The van der Waals surface area contributed by atoms with Crippen LogP contribution < -0.4 is 5.73 Å². The topological polar surface area (TPSA) is 72.5 Å². The molecule has 0 aliphatic rings. The van der Waals surface area contributed by atoms with E-state index in [1.54, 1.807) is 4.68 Å². The molecule has 19 heavy (non-hydrogen) atoms. The van der Waals surface area contributed by atoms with E-state index in [2.05, 4.69) is 28.9 Å². The van der Waals surface area contributed by atoms with Crippen LogP contribution in [0.4, 0.5) is 0 Å². The minimum absolute atomic E-state index is 0.493. The molecule has 0 saturated carbocycles. The van der Waals surface area contributed by atoms with Crippen molar-refractivity contribution in [2.75, 3.05) is 6.54 Å². The maximum Gasteiger partial charge on any atom is 0.106 e. The summed E-state index contributed by atoms with van der Waals surface area (Å²) in [4.78, 5) is 7.81. The number of hydrogen-bond donors (Lipinski definition) is 2. The molecule has 0 spiro atoms. The highest BCUT2D eigenvalue weighted by molar-refractivity contribution is 5.55. The van der Waals surface area contributed by atoms with Crippen molar-refractivity contribution in [3.8, 4) is 11.3 Å². The van der Waals surface area contributed by atoms with E-state index in [9.17, 15) is 0 Å². The first-order chi connectivity index (χ1) is 9.08. The number of aromatic nitrogens is 4. The Bertz CT molecular complexity index is 511. The Hall–Kier alpha value is -1.62. The van der Waals surface area contributed by atoms with Gasteiger partial charge in [-0.3, -0.25) is 4.68 Å². The van der Waals surface area contributed by atoms with Gasteiger partial charge >= 0.3 is 0 Å². The van der Waals surface area contributed by atoms with E-state index < -0.39 is 0 Å². The highest BCUT2D eigenvalue weighted by Gasteiger charge is 2.13. The molecule has 2 heterocycles. The lowest BCUT2D eigenvalue weighted by molar-refractivity contribution is 0.409. The van der Waals surface area contributed by atoms with Gasteiger partial charge in [0, 0.05) is 25.2 Å². The van der Waals surface area contributed by atoms with Crippen LogP contribution in [0.15, 0.2) is 18.6 Å². The van der Waals surface area contributed by atoms with Crippen LogP contribution in [-0.4, -0.2) is 26.3 Å². The van der Waals surface area contributed by atoms with Crippen molar-refractivity contribution in [3.05, 3.63) is 24.4 Å². The fraction of sp³-hybridized carbons (Fsp3) is 0.571. The van der Waals surface area contributed by atoms with Gasteiger partial charge in [-0.1, -0.05) is 13.8 Å². The van der Waals surface area contributed by atoms with Crippen molar-refractivity contribution in [3.63, 3.8) is 0 Å². The summed E-state index contributed by atoms with van der Waals surface area (Å²) in [7, 11) is 1.91. The van der Waals surface area contributed by atoms with Crippen LogP contribution in [0.1, 0.15) is 26.1 Å². The molecule has 104 valence electrons. The zero-order valence-electron chi connectivity index (χ0n) is 11.9.